The SMILES string of the molecule is CC(CCCCl)NC(=O)c1cccc(F)c1F. The highest BCUT2D eigenvalue weighted by Crippen LogP contribution is 2.11. The second-order valence-corrected chi connectivity index (χ2v) is 4.19. The molecule has 1 unspecified atom stereocenters. The summed E-state index contributed by atoms with van der Waals surface area (Å²) in [4.78, 5) is 11.6. The third-order valence-corrected chi connectivity index (χ3v) is 2.61. The Balaban J connectivity index is 2.67. The zero-order valence-corrected chi connectivity index (χ0v) is 10.2. The first kappa shape index (κ1) is 13.9. The number of alkyl halides is 1. The van der Waals surface area contributed by atoms with E-state index in [0.29, 0.717) is 12.3 Å². The number of rotatable bonds is 5. The number of hydrogen-bond donors (Lipinski definition) is 1. The van der Waals surface area contributed by atoms with Gasteiger partial charge in [0.25, 0.3) is 5.91 Å². The van der Waals surface area contributed by atoms with Crippen LogP contribution in [0.5, 0.6) is 0 Å². The third kappa shape index (κ3) is 3.97. The summed E-state index contributed by atoms with van der Waals surface area (Å²) in [7, 11) is 0. The average Bonchev–Trinajstić information content (AvgIpc) is 2.29. The molecule has 0 aliphatic carbocycles. The lowest BCUT2D eigenvalue weighted by atomic mass is 10.1. The maximum Gasteiger partial charge on any atom is 0.254 e. The highest BCUT2D eigenvalue weighted by atomic mass is 35.5. The van der Waals surface area contributed by atoms with Crippen LogP contribution in [0, 0.1) is 11.6 Å². The van der Waals surface area contributed by atoms with Gasteiger partial charge < -0.3 is 5.32 Å². The van der Waals surface area contributed by atoms with E-state index in [1.165, 1.54) is 12.1 Å². The van der Waals surface area contributed by atoms with Crippen molar-refractivity contribution in [3.63, 3.8) is 0 Å². The fourth-order valence-corrected chi connectivity index (χ4v) is 1.59. The smallest absolute Gasteiger partial charge is 0.254 e. The molecule has 0 aliphatic heterocycles. The molecule has 1 atom stereocenters. The Morgan fingerprint density at radius 1 is 1.47 bits per heavy atom. The van der Waals surface area contributed by atoms with Gasteiger partial charge in [-0.15, -0.1) is 11.6 Å². The molecule has 0 radical (unpaired) electrons. The molecular formula is C12H14ClF2NO. The van der Waals surface area contributed by atoms with Gasteiger partial charge in [0.2, 0.25) is 0 Å². The topological polar surface area (TPSA) is 29.1 Å². The molecule has 0 saturated carbocycles. The lowest BCUT2D eigenvalue weighted by molar-refractivity contribution is 0.0933. The van der Waals surface area contributed by atoms with Crippen LogP contribution >= 0.6 is 11.6 Å². The van der Waals surface area contributed by atoms with Crippen LogP contribution in [0.2, 0.25) is 0 Å². The summed E-state index contributed by atoms with van der Waals surface area (Å²) in [6, 6.07) is 3.41. The van der Waals surface area contributed by atoms with Gasteiger partial charge in [-0.3, -0.25) is 4.79 Å². The van der Waals surface area contributed by atoms with Crippen LogP contribution in [0.3, 0.4) is 0 Å². The maximum absolute atomic E-state index is 13.3. The standard InChI is InChI=1S/C12H14ClF2NO/c1-8(4-3-7-13)16-12(17)9-5-2-6-10(14)11(9)15/h2,5-6,8H,3-4,7H2,1H3,(H,16,17). The van der Waals surface area contributed by atoms with E-state index < -0.39 is 17.5 Å². The number of benzene rings is 1. The number of nitrogens with one attached hydrogen (secondary N) is 1. The minimum Gasteiger partial charge on any atom is -0.349 e. The predicted molar refractivity (Wildman–Crippen MR) is 63.2 cm³/mol. The summed E-state index contributed by atoms with van der Waals surface area (Å²) in [5, 5.41) is 2.59. The number of hydrogen-bond acceptors (Lipinski definition) is 1. The Morgan fingerprint density at radius 2 is 2.18 bits per heavy atom. The van der Waals surface area contributed by atoms with Crippen molar-refractivity contribution < 1.29 is 13.6 Å². The normalized spacial score (nSPS) is 12.2. The molecule has 0 aliphatic rings. The van der Waals surface area contributed by atoms with Gasteiger partial charge in [0.15, 0.2) is 11.6 Å². The molecule has 1 amide bonds. The van der Waals surface area contributed by atoms with E-state index >= 15 is 0 Å². The summed E-state index contributed by atoms with van der Waals surface area (Å²) in [6.07, 6.45) is 1.46. The van der Waals surface area contributed by atoms with Crippen LogP contribution in [0.15, 0.2) is 18.2 Å². The molecule has 1 aromatic carbocycles. The largest absolute Gasteiger partial charge is 0.349 e. The molecule has 0 bridgehead atoms. The number of carbonyl (C=O) groups excluding carboxylic acids is 1. The first-order valence-electron chi connectivity index (χ1n) is 5.37. The molecule has 1 N–H and O–H groups in total. The van der Waals surface area contributed by atoms with Crippen molar-refractivity contribution in [2.75, 3.05) is 5.88 Å². The van der Waals surface area contributed by atoms with Crippen molar-refractivity contribution >= 4 is 17.5 Å². The third-order valence-electron chi connectivity index (χ3n) is 2.34. The Hall–Kier alpha value is -1.16. The number of amides is 1. The lowest BCUT2D eigenvalue weighted by Crippen LogP contribution is -2.33. The van der Waals surface area contributed by atoms with Crippen molar-refractivity contribution in [1.82, 2.24) is 5.32 Å². The van der Waals surface area contributed by atoms with Crippen molar-refractivity contribution in [1.29, 1.82) is 0 Å². The molecule has 1 aromatic rings. The Bertz CT molecular complexity index is 398. The molecule has 0 saturated heterocycles. The zero-order valence-electron chi connectivity index (χ0n) is 9.47. The monoisotopic (exact) mass is 261 g/mol. The van der Waals surface area contributed by atoms with E-state index in [1.807, 2.05) is 0 Å². The quantitative estimate of drug-likeness (QED) is 0.811. The van der Waals surface area contributed by atoms with Crippen LogP contribution in [0.4, 0.5) is 8.78 Å². The molecule has 0 aromatic heterocycles. The van der Waals surface area contributed by atoms with Gasteiger partial charge in [-0.2, -0.15) is 0 Å². The summed E-state index contributed by atoms with van der Waals surface area (Å²) in [5.74, 6) is -2.24. The van der Waals surface area contributed by atoms with Crippen molar-refractivity contribution in [3.05, 3.63) is 35.4 Å². The van der Waals surface area contributed by atoms with E-state index in [-0.39, 0.29) is 11.6 Å². The van der Waals surface area contributed by atoms with Crippen molar-refractivity contribution in [3.8, 4) is 0 Å². The highest BCUT2D eigenvalue weighted by Gasteiger charge is 2.16. The van der Waals surface area contributed by atoms with E-state index in [2.05, 4.69) is 5.32 Å². The fourth-order valence-electron chi connectivity index (χ4n) is 1.44. The van der Waals surface area contributed by atoms with Gasteiger partial charge >= 0.3 is 0 Å². The number of halogens is 3. The van der Waals surface area contributed by atoms with Gasteiger partial charge in [-0.1, -0.05) is 6.07 Å². The molecule has 5 heteroatoms. The second kappa shape index (κ2) is 6.55. The van der Waals surface area contributed by atoms with Gasteiger partial charge in [0.1, 0.15) is 0 Å². The first-order valence-corrected chi connectivity index (χ1v) is 5.90. The van der Waals surface area contributed by atoms with Crippen LogP contribution in [-0.4, -0.2) is 17.8 Å². The Morgan fingerprint density at radius 3 is 2.82 bits per heavy atom. The van der Waals surface area contributed by atoms with E-state index in [9.17, 15) is 13.6 Å². The van der Waals surface area contributed by atoms with E-state index in [1.54, 1.807) is 6.92 Å². The van der Waals surface area contributed by atoms with Crippen LogP contribution < -0.4 is 5.32 Å². The molecule has 94 valence electrons. The summed E-state index contributed by atoms with van der Waals surface area (Å²) < 4.78 is 26.2. The van der Waals surface area contributed by atoms with E-state index in [0.717, 1.165) is 12.5 Å². The Labute approximate surface area is 104 Å². The maximum atomic E-state index is 13.3. The highest BCUT2D eigenvalue weighted by molar-refractivity contribution is 6.17. The molecule has 1 rings (SSSR count). The minimum atomic E-state index is -1.12. The van der Waals surface area contributed by atoms with Crippen LogP contribution in [0.25, 0.3) is 0 Å². The fraction of sp³-hybridized carbons (Fsp3) is 0.417. The van der Waals surface area contributed by atoms with Gasteiger partial charge in [0.05, 0.1) is 5.56 Å². The van der Waals surface area contributed by atoms with Crippen LogP contribution in [0.1, 0.15) is 30.1 Å². The minimum absolute atomic E-state index is 0.121. The van der Waals surface area contributed by atoms with Crippen LogP contribution in [-0.2, 0) is 0 Å². The molecule has 17 heavy (non-hydrogen) atoms. The molecule has 2 nitrogen and oxygen atoms in total. The van der Waals surface area contributed by atoms with Gasteiger partial charge in [0, 0.05) is 11.9 Å². The molecule has 0 spiro atoms. The zero-order chi connectivity index (χ0) is 12.8. The van der Waals surface area contributed by atoms with Crippen molar-refractivity contribution in [2.45, 2.75) is 25.8 Å². The lowest BCUT2D eigenvalue weighted by Gasteiger charge is -2.13. The van der Waals surface area contributed by atoms with Gasteiger partial charge in [-0.05, 0) is 31.9 Å². The van der Waals surface area contributed by atoms with Gasteiger partial charge in [-0.25, -0.2) is 8.78 Å². The second-order valence-electron chi connectivity index (χ2n) is 3.81. The summed E-state index contributed by atoms with van der Waals surface area (Å²) in [5.41, 5.74) is -0.275. The Kier molecular flexibility index (Phi) is 5.35. The molecule has 0 heterocycles. The summed E-state index contributed by atoms with van der Waals surface area (Å²) >= 11 is 5.52. The van der Waals surface area contributed by atoms with Crippen molar-refractivity contribution in [2.24, 2.45) is 0 Å². The molecular weight excluding hydrogens is 248 g/mol. The van der Waals surface area contributed by atoms with E-state index in [4.69, 9.17) is 11.6 Å². The summed E-state index contributed by atoms with van der Waals surface area (Å²) in [6.45, 7) is 1.79. The first-order chi connectivity index (χ1) is 8.06. The molecule has 0 fully saturated rings. The predicted octanol–water partition coefficient (Wildman–Crippen LogP) is 3.10. The number of carbonyl (C=O) groups is 1. The average molecular weight is 262 g/mol.